The molecule has 1 fully saturated rings. The van der Waals surface area contributed by atoms with Crippen LogP contribution in [0.25, 0.3) is 0 Å². The lowest BCUT2D eigenvalue weighted by Gasteiger charge is -2.41. The van der Waals surface area contributed by atoms with Gasteiger partial charge in [-0.05, 0) is 45.0 Å². The number of carbonyl (C=O) groups excluding carboxylic acids is 1. The molecule has 1 aromatic carbocycles. The maximum Gasteiger partial charge on any atom is 0.330 e. The van der Waals surface area contributed by atoms with Crippen molar-refractivity contribution in [3.05, 3.63) is 41.3 Å². The monoisotopic (exact) mass is 384 g/mol. The van der Waals surface area contributed by atoms with Crippen LogP contribution in [0.3, 0.4) is 0 Å². The number of carbonyl (C=O) groups is 1. The zero-order valence-electron chi connectivity index (χ0n) is 16.2. The van der Waals surface area contributed by atoms with Gasteiger partial charge in [0.1, 0.15) is 11.6 Å². The summed E-state index contributed by atoms with van der Waals surface area (Å²) in [5.74, 6) is 0.267. The average molecular weight is 384 g/mol. The van der Waals surface area contributed by atoms with Crippen molar-refractivity contribution in [3.63, 3.8) is 0 Å². The van der Waals surface area contributed by atoms with Gasteiger partial charge in [-0.3, -0.25) is 9.80 Å². The number of fused-ring (bicyclic) bond motifs is 1. The molecule has 2 amide bonds. The first kappa shape index (κ1) is 18.6. The van der Waals surface area contributed by atoms with Gasteiger partial charge in [-0.1, -0.05) is 18.6 Å². The molecule has 148 valence electrons. The lowest BCUT2D eigenvalue weighted by molar-refractivity contribution is 0.243. The normalized spacial score (nSPS) is 20.8. The summed E-state index contributed by atoms with van der Waals surface area (Å²) in [7, 11) is 2.06. The second-order valence-electron chi connectivity index (χ2n) is 7.63. The van der Waals surface area contributed by atoms with Crippen LogP contribution in [0.1, 0.15) is 30.4 Å². The third-order valence-corrected chi connectivity index (χ3v) is 5.53. The number of urea groups is 1. The Balaban J connectivity index is 1.81. The number of benzene rings is 1. The van der Waals surface area contributed by atoms with Gasteiger partial charge in [0.05, 0.1) is 18.3 Å². The first-order valence-corrected chi connectivity index (χ1v) is 9.61. The van der Waals surface area contributed by atoms with E-state index < -0.39 is 5.82 Å². The first-order chi connectivity index (χ1) is 13.5. The Bertz CT molecular complexity index is 884. The zero-order valence-corrected chi connectivity index (χ0v) is 16.2. The van der Waals surface area contributed by atoms with Crippen molar-refractivity contribution in [1.82, 2.24) is 14.9 Å². The second-order valence-corrected chi connectivity index (χ2v) is 7.63. The molecule has 2 aliphatic rings. The van der Waals surface area contributed by atoms with E-state index in [1.54, 1.807) is 17.2 Å². The highest BCUT2D eigenvalue weighted by atomic mass is 19.1. The van der Waals surface area contributed by atoms with Crippen LogP contribution in [0.4, 0.5) is 26.6 Å². The molecule has 0 radical (unpaired) electrons. The minimum Gasteiger partial charge on any atom is -0.368 e. The Morgan fingerprint density at radius 3 is 2.89 bits per heavy atom. The van der Waals surface area contributed by atoms with E-state index >= 15 is 0 Å². The quantitative estimate of drug-likeness (QED) is 0.861. The molecule has 28 heavy (non-hydrogen) atoms. The lowest BCUT2D eigenvalue weighted by atomic mass is 10.1. The molecule has 0 saturated carbocycles. The number of hydrogen-bond donors (Lipinski definition) is 1. The smallest absolute Gasteiger partial charge is 0.330 e. The fourth-order valence-corrected chi connectivity index (χ4v) is 4.17. The molecule has 4 rings (SSSR count). The van der Waals surface area contributed by atoms with Crippen LogP contribution >= 0.6 is 0 Å². The largest absolute Gasteiger partial charge is 0.368 e. The molecule has 2 N–H and O–H groups in total. The molecule has 1 aromatic heterocycles. The summed E-state index contributed by atoms with van der Waals surface area (Å²) < 4.78 is 14.7. The molecular weight excluding hydrogens is 359 g/mol. The molecule has 0 aliphatic carbocycles. The fourth-order valence-electron chi connectivity index (χ4n) is 4.17. The average Bonchev–Trinajstić information content (AvgIpc) is 2.86. The highest BCUT2D eigenvalue weighted by Crippen LogP contribution is 2.35. The van der Waals surface area contributed by atoms with Gasteiger partial charge in [-0.25, -0.2) is 14.2 Å². The van der Waals surface area contributed by atoms with Crippen molar-refractivity contribution in [2.75, 3.05) is 35.7 Å². The molecule has 8 heteroatoms. The van der Waals surface area contributed by atoms with Crippen LogP contribution in [-0.4, -0.2) is 47.1 Å². The van der Waals surface area contributed by atoms with E-state index in [-0.39, 0.29) is 24.6 Å². The first-order valence-electron chi connectivity index (χ1n) is 9.61. The number of aromatic nitrogens is 2. The number of nitrogen functional groups attached to an aromatic ring is 1. The van der Waals surface area contributed by atoms with Crippen molar-refractivity contribution in [2.45, 2.75) is 38.8 Å². The lowest BCUT2D eigenvalue weighted by Crippen LogP contribution is -2.55. The summed E-state index contributed by atoms with van der Waals surface area (Å²) in [5.41, 5.74) is 7.62. The summed E-state index contributed by atoms with van der Waals surface area (Å²) in [6, 6.07) is 4.53. The van der Waals surface area contributed by atoms with E-state index in [0.717, 1.165) is 37.9 Å². The molecular formula is C20H25FN6O. The topological polar surface area (TPSA) is 78.6 Å². The van der Waals surface area contributed by atoms with E-state index in [4.69, 9.17) is 5.73 Å². The van der Waals surface area contributed by atoms with Crippen molar-refractivity contribution in [1.29, 1.82) is 0 Å². The molecule has 3 heterocycles. The number of halogens is 1. The van der Waals surface area contributed by atoms with Crippen LogP contribution in [0, 0.1) is 12.7 Å². The van der Waals surface area contributed by atoms with Crippen molar-refractivity contribution >= 4 is 23.5 Å². The predicted octanol–water partition coefficient (Wildman–Crippen LogP) is 2.94. The third kappa shape index (κ3) is 3.28. The summed E-state index contributed by atoms with van der Waals surface area (Å²) >= 11 is 0. The number of aryl methyl sites for hydroxylation is 1. The number of amides is 2. The van der Waals surface area contributed by atoms with Crippen LogP contribution in [0.2, 0.25) is 0 Å². The number of likely N-dealkylation sites (tertiary alicyclic amines) is 1. The summed E-state index contributed by atoms with van der Waals surface area (Å²) in [6.07, 6.45) is 4.61. The number of para-hydroxylation sites is 1. The number of anilines is 3. The number of hydrogen-bond acceptors (Lipinski definition) is 5. The van der Waals surface area contributed by atoms with Gasteiger partial charge in [0.15, 0.2) is 0 Å². The Morgan fingerprint density at radius 2 is 2.11 bits per heavy atom. The summed E-state index contributed by atoms with van der Waals surface area (Å²) in [6.45, 7) is 3.76. The number of nitrogens with zero attached hydrogens (tertiary/aromatic N) is 5. The molecule has 1 atom stereocenters. The van der Waals surface area contributed by atoms with E-state index in [0.29, 0.717) is 17.1 Å². The highest BCUT2D eigenvalue weighted by Gasteiger charge is 2.39. The van der Waals surface area contributed by atoms with Crippen LogP contribution in [0.15, 0.2) is 24.4 Å². The summed E-state index contributed by atoms with van der Waals surface area (Å²) in [5, 5.41) is 0. The minimum atomic E-state index is -0.411. The van der Waals surface area contributed by atoms with Gasteiger partial charge in [0.2, 0.25) is 5.95 Å². The number of rotatable bonds is 2. The van der Waals surface area contributed by atoms with Gasteiger partial charge in [0, 0.05) is 18.3 Å². The predicted molar refractivity (Wildman–Crippen MR) is 107 cm³/mol. The molecule has 0 unspecified atom stereocenters. The highest BCUT2D eigenvalue weighted by molar-refractivity contribution is 6.06. The number of nitrogens with two attached hydrogens (primary N) is 1. The molecule has 0 spiro atoms. The Kier molecular flexibility index (Phi) is 4.89. The standard InChI is InChI=1S/C20H25FN6O/c1-13-6-5-8-16(21)17(13)26-11-14-10-23-19(22)24-18(14)27(20(26)28)15-7-3-4-9-25(2)12-15/h5-6,8,10,15H,3-4,7,9,11-12H2,1-2H3,(H2,22,23,24)/t15-/m1/s1. The van der Waals surface area contributed by atoms with E-state index in [1.807, 2.05) is 13.0 Å². The van der Waals surface area contributed by atoms with Crippen LogP contribution in [0.5, 0.6) is 0 Å². The van der Waals surface area contributed by atoms with Crippen LogP contribution < -0.4 is 15.5 Å². The Hall–Kier alpha value is -2.74. The SMILES string of the molecule is Cc1cccc(F)c1N1Cc2cnc(N)nc2N([C@@H]2CCCCN(C)C2)C1=O. The maximum absolute atomic E-state index is 14.7. The van der Waals surface area contributed by atoms with Gasteiger partial charge >= 0.3 is 6.03 Å². The van der Waals surface area contributed by atoms with E-state index in [9.17, 15) is 9.18 Å². The second kappa shape index (κ2) is 7.35. The van der Waals surface area contributed by atoms with Gasteiger partial charge in [0.25, 0.3) is 0 Å². The zero-order chi connectivity index (χ0) is 19.8. The number of likely N-dealkylation sites (N-methyl/N-ethyl adjacent to an activating group) is 1. The fraction of sp³-hybridized carbons (Fsp3) is 0.450. The molecule has 2 aromatic rings. The van der Waals surface area contributed by atoms with Gasteiger partial charge in [-0.15, -0.1) is 0 Å². The third-order valence-electron chi connectivity index (χ3n) is 5.53. The molecule has 2 aliphatic heterocycles. The molecule has 1 saturated heterocycles. The molecule has 7 nitrogen and oxygen atoms in total. The van der Waals surface area contributed by atoms with Crippen molar-refractivity contribution < 1.29 is 9.18 Å². The van der Waals surface area contributed by atoms with E-state index in [1.165, 1.54) is 11.0 Å². The van der Waals surface area contributed by atoms with Gasteiger partial charge < -0.3 is 10.6 Å². The minimum absolute atomic E-state index is 0.0528. The van der Waals surface area contributed by atoms with Crippen molar-refractivity contribution in [3.8, 4) is 0 Å². The molecule has 0 bridgehead atoms. The van der Waals surface area contributed by atoms with Crippen molar-refractivity contribution in [2.24, 2.45) is 0 Å². The van der Waals surface area contributed by atoms with Gasteiger partial charge in [-0.2, -0.15) is 4.98 Å². The Labute approximate surface area is 164 Å². The Morgan fingerprint density at radius 1 is 1.29 bits per heavy atom. The maximum atomic E-state index is 14.7. The summed E-state index contributed by atoms with van der Waals surface area (Å²) in [4.78, 5) is 27.5. The van der Waals surface area contributed by atoms with Crippen LogP contribution in [-0.2, 0) is 6.54 Å². The van der Waals surface area contributed by atoms with E-state index in [2.05, 4.69) is 21.9 Å².